The molecule has 2 aromatic rings. The first-order valence-electron chi connectivity index (χ1n) is 9.81. The molecule has 144 valence electrons. The van der Waals surface area contributed by atoms with Gasteiger partial charge in [0.2, 0.25) is 0 Å². The van der Waals surface area contributed by atoms with Crippen LogP contribution in [0.25, 0.3) is 0 Å². The van der Waals surface area contributed by atoms with E-state index in [4.69, 9.17) is 9.47 Å². The van der Waals surface area contributed by atoms with E-state index in [2.05, 4.69) is 19.2 Å². The molecule has 0 aliphatic heterocycles. The van der Waals surface area contributed by atoms with Crippen LogP contribution in [0.3, 0.4) is 0 Å². The van der Waals surface area contributed by atoms with Crippen LogP contribution in [0.2, 0.25) is 0 Å². The quantitative estimate of drug-likeness (QED) is 0.779. The average molecular weight is 367 g/mol. The summed E-state index contributed by atoms with van der Waals surface area (Å²) in [7, 11) is 0. The van der Waals surface area contributed by atoms with E-state index in [-0.39, 0.29) is 18.6 Å². The summed E-state index contributed by atoms with van der Waals surface area (Å²) in [6, 6.07) is 17.7. The number of hydrogen-bond donors (Lipinski definition) is 1. The van der Waals surface area contributed by atoms with Crippen molar-refractivity contribution < 1.29 is 14.3 Å². The number of amides is 1. The van der Waals surface area contributed by atoms with Crippen molar-refractivity contribution >= 4 is 5.91 Å². The lowest BCUT2D eigenvalue weighted by Crippen LogP contribution is -2.45. The van der Waals surface area contributed by atoms with Crippen LogP contribution in [0.5, 0.6) is 11.5 Å². The molecule has 1 N–H and O–H groups in total. The summed E-state index contributed by atoms with van der Waals surface area (Å²) in [5, 5.41) is 3.13. The van der Waals surface area contributed by atoms with Crippen LogP contribution in [0.1, 0.15) is 38.7 Å². The van der Waals surface area contributed by atoms with E-state index < -0.39 is 0 Å². The molecule has 1 aliphatic rings. The number of benzene rings is 2. The second kappa shape index (κ2) is 9.45. The fourth-order valence-electron chi connectivity index (χ4n) is 3.56. The Morgan fingerprint density at radius 3 is 2.33 bits per heavy atom. The minimum atomic E-state index is -0.0506. The second-order valence-corrected chi connectivity index (χ2v) is 7.48. The number of carbonyl (C=O) groups is 1. The molecule has 2 aromatic carbocycles. The second-order valence-electron chi connectivity index (χ2n) is 7.48. The highest BCUT2D eigenvalue weighted by molar-refractivity contribution is 5.77. The van der Waals surface area contributed by atoms with Gasteiger partial charge in [-0.3, -0.25) is 4.79 Å². The Hall–Kier alpha value is -2.49. The van der Waals surface area contributed by atoms with Gasteiger partial charge in [0.25, 0.3) is 5.91 Å². The van der Waals surface area contributed by atoms with E-state index in [1.807, 2.05) is 54.6 Å². The molecular formula is C23H29NO3. The maximum atomic E-state index is 12.2. The first-order chi connectivity index (χ1) is 13.1. The number of carbonyl (C=O) groups excluding carboxylic acids is 1. The van der Waals surface area contributed by atoms with Crippen LogP contribution in [-0.4, -0.2) is 18.6 Å². The molecule has 27 heavy (non-hydrogen) atoms. The summed E-state index contributed by atoms with van der Waals surface area (Å²) in [5.74, 6) is 2.57. The van der Waals surface area contributed by atoms with Crippen molar-refractivity contribution in [2.45, 2.75) is 45.8 Å². The highest BCUT2D eigenvalue weighted by atomic mass is 16.5. The Morgan fingerprint density at radius 2 is 1.63 bits per heavy atom. The van der Waals surface area contributed by atoms with Crippen LogP contribution in [0, 0.1) is 11.8 Å². The molecule has 0 saturated heterocycles. The van der Waals surface area contributed by atoms with Crippen molar-refractivity contribution in [3.63, 3.8) is 0 Å². The van der Waals surface area contributed by atoms with Gasteiger partial charge >= 0.3 is 0 Å². The topological polar surface area (TPSA) is 47.6 Å². The van der Waals surface area contributed by atoms with E-state index in [0.717, 1.165) is 17.7 Å². The van der Waals surface area contributed by atoms with E-state index in [1.54, 1.807) is 0 Å². The lowest BCUT2D eigenvalue weighted by molar-refractivity contribution is -0.124. The van der Waals surface area contributed by atoms with Gasteiger partial charge in [-0.2, -0.15) is 0 Å². The maximum absolute atomic E-state index is 12.2. The number of hydrogen-bond acceptors (Lipinski definition) is 3. The third-order valence-electron chi connectivity index (χ3n) is 5.50. The number of nitrogens with one attached hydrogen (secondary N) is 1. The first kappa shape index (κ1) is 19.3. The third kappa shape index (κ3) is 5.75. The molecule has 4 heteroatoms. The van der Waals surface area contributed by atoms with Crippen LogP contribution in [0.15, 0.2) is 54.6 Å². The van der Waals surface area contributed by atoms with E-state index in [0.29, 0.717) is 24.2 Å². The number of ether oxygens (including phenoxy) is 2. The van der Waals surface area contributed by atoms with Gasteiger partial charge in [0.1, 0.15) is 18.1 Å². The van der Waals surface area contributed by atoms with Crippen molar-refractivity contribution in [2.24, 2.45) is 11.8 Å². The molecule has 0 unspecified atom stereocenters. The molecule has 0 spiro atoms. The van der Waals surface area contributed by atoms with Gasteiger partial charge in [0.15, 0.2) is 6.61 Å². The molecule has 1 saturated carbocycles. The Kier molecular flexibility index (Phi) is 6.74. The zero-order valence-corrected chi connectivity index (χ0v) is 16.2. The molecule has 3 atom stereocenters. The third-order valence-corrected chi connectivity index (χ3v) is 5.50. The molecule has 4 nitrogen and oxygen atoms in total. The molecule has 0 bridgehead atoms. The summed E-state index contributed by atoms with van der Waals surface area (Å²) >= 11 is 0. The predicted octanol–water partition coefficient (Wildman–Crippen LogP) is 4.59. The van der Waals surface area contributed by atoms with E-state index >= 15 is 0 Å². The van der Waals surface area contributed by atoms with Gasteiger partial charge < -0.3 is 14.8 Å². The highest BCUT2D eigenvalue weighted by Gasteiger charge is 2.28. The van der Waals surface area contributed by atoms with Crippen molar-refractivity contribution in [3.05, 3.63) is 60.2 Å². The van der Waals surface area contributed by atoms with Crippen molar-refractivity contribution in [3.8, 4) is 11.5 Å². The fourth-order valence-corrected chi connectivity index (χ4v) is 3.56. The molecule has 0 heterocycles. The Balaban J connectivity index is 1.42. The predicted molar refractivity (Wildman–Crippen MR) is 107 cm³/mol. The molecule has 0 aromatic heterocycles. The lowest BCUT2D eigenvalue weighted by Gasteiger charge is -2.34. The standard InChI is InChI=1S/C23H29NO3/c1-17-7-6-10-22(18(17)2)24-23(25)16-27-21-13-11-20(12-14-21)26-15-19-8-4-3-5-9-19/h3-5,8-9,11-14,17-18,22H,6-7,10,15-16H2,1-2H3,(H,24,25)/t17-,18+,22-/m0/s1. The van der Waals surface area contributed by atoms with E-state index in [9.17, 15) is 4.79 Å². The van der Waals surface area contributed by atoms with Crippen LogP contribution >= 0.6 is 0 Å². The lowest BCUT2D eigenvalue weighted by atomic mass is 9.78. The zero-order valence-electron chi connectivity index (χ0n) is 16.2. The van der Waals surface area contributed by atoms with Gasteiger partial charge in [-0.1, -0.05) is 57.0 Å². The van der Waals surface area contributed by atoms with Gasteiger partial charge in [0.05, 0.1) is 0 Å². The first-order valence-corrected chi connectivity index (χ1v) is 9.81. The minimum Gasteiger partial charge on any atom is -0.489 e. The Morgan fingerprint density at radius 1 is 0.963 bits per heavy atom. The average Bonchev–Trinajstić information content (AvgIpc) is 2.70. The molecule has 1 fully saturated rings. The Labute approximate surface area is 161 Å². The SMILES string of the molecule is C[C@H]1[C@@H](NC(=O)COc2ccc(OCc3ccccc3)cc2)CCC[C@@H]1C. The molecule has 3 rings (SSSR count). The normalized spacial score (nSPS) is 22.1. The highest BCUT2D eigenvalue weighted by Crippen LogP contribution is 2.29. The van der Waals surface area contributed by atoms with Gasteiger partial charge in [0, 0.05) is 6.04 Å². The number of rotatable bonds is 7. The zero-order chi connectivity index (χ0) is 19.1. The summed E-state index contributed by atoms with van der Waals surface area (Å²) in [4.78, 5) is 12.2. The monoisotopic (exact) mass is 367 g/mol. The van der Waals surface area contributed by atoms with Crippen molar-refractivity contribution in [1.82, 2.24) is 5.32 Å². The smallest absolute Gasteiger partial charge is 0.258 e. The summed E-state index contributed by atoms with van der Waals surface area (Å²) in [5.41, 5.74) is 1.13. The molecule has 1 aliphatic carbocycles. The molecular weight excluding hydrogens is 338 g/mol. The maximum Gasteiger partial charge on any atom is 0.258 e. The Bertz CT molecular complexity index is 714. The summed E-state index contributed by atoms with van der Waals surface area (Å²) in [6.45, 7) is 5.06. The summed E-state index contributed by atoms with van der Waals surface area (Å²) < 4.78 is 11.4. The van der Waals surface area contributed by atoms with Crippen LogP contribution in [0.4, 0.5) is 0 Å². The van der Waals surface area contributed by atoms with Crippen molar-refractivity contribution in [2.75, 3.05) is 6.61 Å². The van der Waals surface area contributed by atoms with Crippen LogP contribution < -0.4 is 14.8 Å². The van der Waals surface area contributed by atoms with Crippen molar-refractivity contribution in [1.29, 1.82) is 0 Å². The van der Waals surface area contributed by atoms with E-state index in [1.165, 1.54) is 12.8 Å². The fraction of sp³-hybridized carbons (Fsp3) is 0.435. The van der Waals surface area contributed by atoms with Gasteiger partial charge in [-0.15, -0.1) is 0 Å². The minimum absolute atomic E-state index is 0.0435. The molecule has 0 radical (unpaired) electrons. The molecule has 1 amide bonds. The van der Waals surface area contributed by atoms with Crippen LogP contribution in [-0.2, 0) is 11.4 Å². The van der Waals surface area contributed by atoms with Gasteiger partial charge in [-0.25, -0.2) is 0 Å². The van der Waals surface area contributed by atoms with Gasteiger partial charge in [-0.05, 0) is 48.1 Å². The largest absolute Gasteiger partial charge is 0.489 e. The summed E-state index contributed by atoms with van der Waals surface area (Å²) in [6.07, 6.45) is 3.50.